The van der Waals surface area contributed by atoms with Crippen LogP contribution in [0.2, 0.25) is 0 Å². The molecule has 2 aromatic heterocycles. The molecule has 0 aliphatic carbocycles. The van der Waals surface area contributed by atoms with Crippen LogP contribution in [0.3, 0.4) is 0 Å². The average molecular weight is 480 g/mol. The Bertz CT molecular complexity index is 867. The standard InChI is InChI=1S/C19H24N6O.HI/c1-13-16(14(2)26-24-13)10-22-19(20-3)25(4)12-18-21-11-17(23-18)15-8-6-5-7-9-15;/h5-9,11H,10,12H2,1-4H3,(H,20,22)(H,21,23);1H. The number of nitrogens with zero attached hydrogens (tertiary/aromatic N) is 4. The summed E-state index contributed by atoms with van der Waals surface area (Å²) >= 11 is 0. The molecule has 2 heterocycles. The van der Waals surface area contributed by atoms with Crippen molar-refractivity contribution in [2.75, 3.05) is 14.1 Å². The summed E-state index contributed by atoms with van der Waals surface area (Å²) in [5.74, 6) is 2.49. The van der Waals surface area contributed by atoms with Gasteiger partial charge in [-0.2, -0.15) is 0 Å². The van der Waals surface area contributed by atoms with E-state index in [1.54, 1.807) is 7.05 Å². The van der Waals surface area contributed by atoms with Crippen LogP contribution in [0.5, 0.6) is 0 Å². The van der Waals surface area contributed by atoms with Crippen molar-refractivity contribution in [3.63, 3.8) is 0 Å². The number of H-pyrrole nitrogens is 1. The number of guanidine groups is 1. The summed E-state index contributed by atoms with van der Waals surface area (Å²) in [5.41, 5.74) is 4.08. The van der Waals surface area contributed by atoms with Gasteiger partial charge in [0.1, 0.15) is 11.6 Å². The first-order chi connectivity index (χ1) is 12.6. The predicted octanol–water partition coefficient (Wildman–Crippen LogP) is 3.51. The lowest BCUT2D eigenvalue weighted by molar-refractivity contribution is 0.392. The summed E-state index contributed by atoms with van der Waals surface area (Å²) in [5, 5.41) is 7.33. The fraction of sp³-hybridized carbons (Fsp3) is 0.316. The molecule has 0 atom stereocenters. The van der Waals surface area contributed by atoms with E-state index < -0.39 is 0 Å². The van der Waals surface area contributed by atoms with Crippen molar-refractivity contribution in [2.45, 2.75) is 26.9 Å². The van der Waals surface area contributed by atoms with E-state index >= 15 is 0 Å². The van der Waals surface area contributed by atoms with Crippen LogP contribution in [0.25, 0.3) is 11.3 Å². The summed E-state index contributed by atoms with van der Waals surface area (Å²) in [6, 6.07) is 10.2. The third-order valence-electron chi connectivity index (χ3n) is 4.28. The third kappa shape index (κ3) is 5.09. The summed E-state index contributed by atoms with van der Waals surface area (Å²) < 4.78 is 5.20. The molecule has 0 bridgehead atoms. The molecule has 0 radical (unpaired) electrons. The molecule has 3 rings (SSSR count). The SMILES string of the molecule is CN=C(NCc1c(C)noc1C)N(C)Cc1ncc(-c2ccccc2)[nH]1.I. The van der Waals surface area contributed by atoms with Crippen LogP contribution in [-0.4, -0.2) is 40.1 Å². The van der Waals surface area contributed by atoms with Crippen LogP contribution >= 0.6 is 24.0 Å². The van der Waals surface area contributed by atoms with E-state index in [0.717, 1.165) is 40.1 Å². The Labute approximate surface area is 176 Å². The van der Waals surface area contributed by atoms with E-state index in [0.29, 0.717) is 13.1 Å². The second kappa shape index (κ2) is 9.54. The minimum absolute atomic E-state index is 0. The molecule has 0 saturated heterocycles. The number of hydrogen-bond acceptors (Lipinski definition) is 4. The molecule has 0 unspecified atom stereocenters. The van der Waals surface area contributed by atoms with Crippen molar-refractivity contribution in [1.29, 1.82) is 0 Å². The number of nitrogens with one attached hydrogen (secondary N) is 2. The Hall–Kier alpha value is -2.36. The van der Waals surface area contributed by atoms with Crippen molar-refractivity contribution < 1.29 is 4.52 Å². The molecule has 0 spiro atoms. The molecule has 144 valence electrons. The van der Waals surface area contributed by atoms with Crippen molar-refractivity contribution >= 4 is 29.9 Å². The molecule has 27 heavy (non-hydrogen) atoms. The molecule has 0 aliphatic rings. The number of hydrogen-bond donors (Lipinski definition) is 2. The number of halogens is 1. The molecule has 0 amide bonds. The van der Waals surface area contributed by atoms with E-state index in [9.17, 15) is 0 Å². The quantitative estimate of drug-likeness (QED) is 0.332. The molecule has 7 nitrogen and oxygen atoms in total. The monoisotopic (exact) mass is 480 g/mol. The zero-order chi connectivity index (χ0) is 18.5. The Morgan fingerprint density at radius 1 is 1.26 bits per heavy atom. The van der Waals surface area contributed by atoms with Gasteiger partial charge in [0.25, 0.3) is 0 Å². The first-order valence-electron chi connectivity index (χ1n) is 8.51. The molecular weight excluding hydrogens is 455 g/mol. The maximum Gasteiger partial charge on any atom is 0.194 e. The molecule has 8 heteroatoms. The van der Waals surface area contributed by atoms with Crippen LogP contribution in [0.4, 0.5) is 0 Å². The van der Waals surface area contributed by atoms with Crippen LogP contribution < -0.4 is 5.32 Å². The van der Waals surface area contributed by atoms with Crippen LogP contribution in [0, 0.1) is 13.8 Å². The first-order valence-corrected chi connectivity index (χ1v) is 8.51. The second-order valence-electron chi connectivity index (χ2n) is 6.17. The average Bonchev–Trinajstić information content (AvgIpc) is 3.24. The van der Waals surface area contributed by atoms with Crippen molar-refractivity contribution in [1.82, 2.24) is 25.3 Å². The van der Waals surface area contributed by atoms with Gasteiger partial charge in [-0.15, -0.1) is 24.0 Å². The van der Waals surface area contributed by atoms with Crippen LogP contribution in [-0.2, 0) is 13.1 Å². The number of aromatic amines is 1. The fourth-order valence-electron chi connectivity index (χ4n) is 2.81. The van der Waals surface area contributed by atoms with Gasteiger partial charge in [0.05, 0.1) is 24.1 Å². The van der Waals surface area contributed by atoms with Gasteiger partial charge in [-0.3, -0.25) is 4.99 Å². The number of benzene rings is 1. The van der Waals surface area contributed by atoms with Crippen molar-refractivity contribution in [3.8, 4) is 11.3 Å². The summed E-state index contributed by atoms with van der Waals surface area (Å²) in [7, 11) is 3.75. The topological polar surface area (TPSA) is 82.3 Å². The van der Waals surface area contributed by atoms with Gasteiger partial charge < -0.3 is 19.7 Å². The molecule has 3 aromatic rings. The second-order valence-corrected chi connectivity index (χ2v) is 6.17. The summed E-state index contributed by atoms with van der Waals surface area (Å²) in [4.78, 5) is 14.2. The number of rotatable bonds is 5. The zero-order valence-corrected chi connectivity index (χ0v) is 18.3. The smallest absolute Gasteiger partial charge is 0.194 e. The molecule has 0 aliphatic heterocycles. The molecular formula is C19H25IN6O. The highest BCUT2D eigenvalue weighted by Crippen LogP contribution is 2.16. The van der Waals surface area contributed by atoms with Gasteiger partial charge in [0.2, 0.25) is 0 Å². The Balaban J connectivity index is 0.00000261. The fourth-order valence-corrected chi connectivity index (χ4v) is 2.81. The van der Waals surface area contributed by atoms with E-state index in [2.05, 4.69) is 37.6 Å². The summed E-state index contributed by atoms with van der Waals surface area (Å²) in [6.07, 6.45) is 1.86. The number of aliphatic imine (C=N–C) groups is 1. The molecule has 0 saturated carbocycles. The zero-order valence-electron chi connectivity index (χ0n) is 16.0. The highest BCUT2D eigenvalue weighted by atomic mass is 127. The van der Waals surface area contributed by atoms with E-state index in [1.165, 1.54) is 0 Å². The van der Waals surface area contributed by atoms with Gasteiger partial charge in [0, 0.05) is 26.2 Å². The van der Waals surface area contributed by atoms with Gasteiger partial charge >= 0.3 is 0 Å². The number of imidazole rings is 1. The summed E-state index contributed by atoms with van der Waals surface area (Å²) in [6.45, 7) is 5.09. The lowest BCUT2D eigenvalue weighted by atomic mass is 10.2. The van der Waals surface area contributed by atoms with E-state index in [1.807, 2.05) is 50.2 Å². The van der Waals surface area contributed by atoms with Gasteiger partial charge in [-0.05, 0) is 19.4 Å². The molecule has 0 fully saturated rings. The number of aromatic nitrogens is 3. The van der Waals surface area contributed by atoms with E-state index in [-0.39, 0.29) is 24.0 Å². The maximum atomic E-state index is 5.20. The first kappa shape index (κ1) is 20.9. The van der Waals surface area contributed by atoms with E-state index in [4.69, 9.17) is 4.52 Å². The number of aryl methyl sites for hydroxylation is 2. The van der Waals surface area contributed by atoms with Crippen molar-refractivity contribution in [3.05, 3.63) is 59.4 Å². The largest absolute Gasteiger partial charge is 0.361 e. The Morgan fingerprint density at radius 3 is 2.63 bits per heavy atom. The Morgan fingerprint density at radius 2 is 2.00 bits per heavy atom. The minimum Gasteiger partial charge on any atom is -0.361 e. The Kier molecular flexibility index (Phi) is 7.40. The highest BCUT2D eigenvalue weighted by Gasteiger charge is 2.13. The maximum absolute atomic E-state index is 5.20. The lowest BCUT2D eigenvalue weighted by Gasteiger charge is -2.21. The van der Waals surface area contributed by atoms with Crippen LogP contribution in [0.15, 0.2) is 46.0 Å². The molecule has 1 aromatic carbocycles. The normalized spacial score (nSPS) is 11.2. The van der Waals surface area contributed by atoms with Crippen LogP contribution in [0.1, 0.15) is 22.8 Å². The highest BCUT2D eigenvalue weighted by molar-refractivity contribution is 14.0. The predicted molar refractivity (Wildman–Crippen MR) is 117 cm³/mol. The molecule has 2 N–H and O–H groups in total. The minimum atomic E-state index is 0. The third-order valence-corrected chi connectivity index (χ3v) is 4.28. The van der Waals surface area contributed by atoms with Crippen molar-refractivity contribution in [2.24, 2.45) is 4.99 Å². The van der Waals surface area contributed by atoms with Gasteiger partial charge in [-0.1, -0.05) is 35.5 Å². The van der Waals surface area contributed by atoms with Gasteiger partial charge in [0.15, 0.2) is 5.96 Å². The lowest BCUT2D eigenvalue weighted by Crippen LogP contribution is -2.38. The van der Waals surface area contributed by atoms with Gasteiger partial charge in [-0.25, -0.2) is 4.98 Å².